The lowest BCUT2D eigenvalue weighted by Crippen LogP contribution is -2.20. The number of nitrogens with one attached hydrogen (secondary N) is 1. The van der Waals surface area contributed by atoms with Crippen LogP contribution in [0.15, 0.2) is 23.8 Å². The van der Waals surface area contributed by atoms with E-state index in [9.17, 15) is 14.7 Å². The third-order valence-corrected chi connectivity index (χ3v) is 3.87. The molecule has 0 spiro atoms. The van der Waals surface area contributed by atoms with Crippen molar-refractivity contribution in [2.75, 3.05) is 7.11 Å². The molecule has 1 amide bonds. The topological polar surface area (TPSA) is 105 Å². The molecule has 0 atom stereocenters. The summed E-state index contributed by atoms with van der Waals surface area (Å²) in [7, 11) is 1.54. The summed E-state index contributed by atoms with van der Waals surface area (Å²) in [4.78, 5) is 22.5. The molecule has 0 heterocycles. The van der Waals surface area contributed by atoms with Gasteiger partial charge in [-0.2, -0.15) is 0 Å². The minimum atomic E-state index is -1.23. The van der Waals surface area contributed by atoms with Gasteiger partial charge in [0.05, 0.1) is 19.6 Å². The van der Waals surface area contributed by atoms with Gasteiger partial charge in [0, 0.05) is 5.57 Å². The van der Waals surface area contributed by atoms with Crippen molar-refractivity contribution in [3.05, 3.63) is 29.3 Å². The average molecular weight is 335 g/mol. The second-order valence-electron chi connectivity index (χ2n) is 5.62. The van der Waals surface area contributed by atoms with Crippen molar-refractivity contribution in [1.82, 2.24) is 5.48 Å². The number of methoxy groups -OCH3 is 1. The van der Waals surface area contributed by atoms with Crippen LogP contribution in [0.2, 0.25) is 0 Å². The number of hydrogen-bond donors (Lipinski definition) is 3. The van der Waals surface area contributed by atoms with Gasteiger partial charge in [0.15, 0.2) is 11.5 Å². The highest BCUT2D eigenvalue weighted by Crippen LogP contribution is 2.33. The molecule has 1 saturated carbocycles. The molecule has 0 aliphatic heterocycles. The Bertz CT molecular complexity index is 634. The summed E-state index contributed by atoms with van der Waals surface area (Å²) in [5.41, 5.74) is 1.86. The molecule has 1 aromatic carbocycles. The lowest BCUT2D eigenvalue weighted by atomic mass is 10.1. The van der Waals surface area contributed by atoms with Gasteiger partial charge in [-0.3, -0.25) is 10.0 Å². The zero-order valence-electron chi connectivity index (χ0n) is 13.4. The molecule has 1 aliphatic rings. The highest BCUT2D eigenvalue weighted by molar-refractivity contribution is 5.98. The minimum Gasteiger partial charge on any atom is -0.493 e. The Hall–Kier alpha value is -2.54. The van der Waals surface area contributed by atoms with Crippen LogP contribution in [0.5, 0.6) is 11.5 Å². The highest BCUT2D eigenvalue weighted by atomic mass is 16.5. The number of rotatable bonds is 7. The zero-order valence-corrected chi connectivity index (χ0v) is 13.4. The number of carboxylic acids is 1. The molecule has 0 aromatic heterocycles. The predicted molar refractivity (Wildman–Crippen MR) is 86.0 cm³/mol. The first-order valence-corrected chi connectivity index (χ1v) is 7.75. The lowest BCUT2D eigenvalue weighted by Gasteiger charge is -2.16. The molecule has 2 rings (SSSR count). The van der Waals surface area contributed by atoms with Gasteiger partial charge < -0.3 is 14.6 Å². The molecular weight excluding hydrogens is 314 g/mol. The van der Waals surface area contributed by atoms with Crippen LogP contribution < -0.4 is 15.0 Å². The first-order valence-electron chi connectivity index (χ1n) is 7.75. The monoisotopic (exact) mass is 335 g/mol. The summed E-state index contributed by atoms with van der Waals surface area (Å²) in [5, 5.41) is 17.7. The largest absolute Gasteiger partial charge is 0.493 e. The Morgan fingerprint density at radius 3 is 2.58 bits per heavy atom. The molecule has 3 N–H and O–H groups in total. The SMILES string of the molecule is COc1ccc(/C=C(\CC(=O)NO)C(=O)O)cc1OC1CCCC1. The third kappa shape index (κ3) is 4.73. The fraction of sp³-hybridized carbons (Fsp3) is 0.412. The van der Waals surface area contributed by atoms with E-state index in [2.05, 4.69) is 0 Å². The van der Waals surface area contributed by atoms with Gasteiger partial charge in [-0.05, 0) is 49.5 Å². The molecule has 1 fully saturated rings. The summed E-state index contributed by atoms with van der Waals surface area (Å²) in [6.07, 6.45) is 5.31. The molecule has 0 bridgehead atoms. The molecule has 7 heteroatoms. The number of carbonyl (C=O) groups excluding carboxylic acids is 1. The second kappa shape index (κ2) is 8.35. The number of carboxylic acid groups (broad SMARTS) is 1. The number of ether oxygens (including phenoxy) is 2. The molecule has 24 heavy (non-hydrogen) atoms. The quantitative estimate of drug-likeness (QED) is 0.401. The zero-order chi connectivity index (χ0) is 17.5. The number of aliphatic carboxylic acids is 1. The number of amides is 1. The summed E-state index contributed by atoms with van der Waals surface area (Å²) >= 11 is 0. The Kier molecular flexibility index (Phi) is 6.20. The van der Waals surface area contributed by atoms with Crippen LogP contribution in [0, 0.1) is 0 Å². The maximum absolute atomic E-state index is 11.3. The van der Waals surface area contributed by atoms with Crippen LogP contribution >= 0.6 is 0 Å². The first kappa shape index (κ1) is 17.8. The van der Waals surface area contributed by atoms with Crippen LogP contribution in [0.1, 0.15) is 37.7 Å². The van der Waals surface area contributed by atoms with Gasteiger partial charge in [0.25, 0.3) is 0 Å². The molecule has 1 aliphatic carbocycles. The Labute approximate surface area is 139 Å². The van der Waals surface area contributed by atoms with Gasteiger partial charge in [0.2, 0.25) is 5.91 Å². The van der Waals surface area contributed by atoms with Crippen molar-refractivity contribution in [2.24, 2.45) is 0 Å². The number of benzene rings is 1. The van der Waals surface area contributed by atoms with Crippen LogP contribution in [-0.2, 0) is 9.59 Å². The summed E-state index contributed by atoms with van der Waals surface area (Å²) < 4.78 is 11.2. The van der Waals surface area contributed by atoms with Crippen molar-refractivity contribution >= 4 is 18.0 Å². The van der Waals surface area contributed by atoms with Crippen LogP contribution in [-0.4, -0.2) is 35.4 Å². The van der Waals surface area contributed by atoms with Crippen LogP contribution in [0.4, 0.5) is 0 Å². The Morgan fingerprint density at radius 1 is 1.29 bits per heavy atom. The molecule has 0 unspecified atom stereocenters. The smallest absolute Gasteiger partial charge is 0.332 e. The molecule has 7 nitrogen and oxygen atoms in total. The molecule has 1 aromatic rings. The number of hydrogen-bond acceptors (Lipinski definition) is 5. The maximum Gasteiger partial charge on any atom is 0.332 e. The van der Waals surface area contributed by atoms with E-state index in [-0.39, 0.29) is 11.7 Å². The predicted octanol–water partition coefficient (Wildman–Crippen LogP) is 2.38. The lowest BCUT2D eigenvalue weighted by molar-refractivity contribution is -0.135. The molecule has 0 radical (unpaired) electrons. The fourth-order valence-electron chi connectivity index (χ4n) is 2.66. The van der Waals surface area contributed by atoms with Gasteiger partial charge in [0.1, 0.15) is 0 Å². The molecule has 130 valence electrons. The van der Waals surface area contributed by atoms with Crippen molar-refractivity contribution in [2.45, 2.75) is 38.2 Å². The van der Waals surface area contributed by atoms with E-state index in [4.69, 9.17) is 14.7 Å². The van der Waals surface area contributed by atoms with E-state index in [1.807, 2.05) is 0 Å². The van der Waals surface area contributed by atoms with Crippen molar-refractivity contribution in [3.63, 3.8) is 0 Å². The number of carbonyl (C=O) groups is 2. The van der Waals surface area contributed by atoms with Gasteiger partial charge in [-0.15, -0.1) is 0 Å². The van der Waals surface area contributed by atoms with Crippen LogP contribution in [0.3, 0.4) is 0 Å². The maximum atomic E-state index is 11.3. The summed E-state index contributed by atoms with van der Waals surface area (Å²) in [6, 6.07) is 5.07. The van der Waals surface area contributed by atoms with Gasteiger partial charge in [-0.1, -0.05) is 6.07 Å². The van der Waals surface area contributed by atoms with Crippen molar-refractivity contribution in [1.29, 1.82) is 0 Å². The Balaban J connectivity index is 2.26. The standard InChI is InChI=1S/C17H21NO6/c1-23-14-7-6-11(8-12(17(20)21)10-16(19)18-22)9-15(14)24-13-4-2-3-5-13/h6-9,13,22H,2-5,10H2,1H3,(H,18,19)(H,20,21)/b12-8+. The van der Waals surface area contributed by atoms with E-state index in [1.165, 1.54) is 11.6 Å². The van der Waals surface area contributed by atoms with E-state index in [0.717, 1.165) is 25.7 Å². The second-order valence-corrected chi connectivity index (χ2v) is 5.62. The Morgan fingerprint density at radius 2 is 2.00 bits per heavy atom. The van der Waals surface area contributed by atoms with E-state index >= 15 is 0 Å². The van der Waals surface area contributed by atoms with E-state index < -0.39 is 18.3 Å². The third-order valence-electron chi connectivity index (χ3n) is 3.87. The normalized spacial score (nSPS) is 15.2. The first-order chi connectivity index (χ1) is 11.5. The highest BCUT2D eigenvalue weighted by Gasteiger charge is 2.19. The fourth-order valence-corrected chi connectivity index (χ4v) is 2.66. The van der Waals surface area contributed by atoms with Crippen molar-refractivity contribution < 1.29 is 29.4 Å². The van der Waals surface area contributed by atoms with Crippen LogP contribution in [0.25, 0.3) is 6.08 Å². The van der Waals surface area contributed by atoms with Gasteiger partial charge >= 0.3 is 5.97 Å². The van der Waals surface area contributed by atoms with Gasteiger partial charge in [-0.25, -0.2) is 10.3 Å². The molecular formula is C17H21NO6. The summed E-state index contributed by atoms with van der Waals surface area (Å²) in [6.45, 7) is 0. The van der Waals surface area contributed by atoms with Crippen molar-refractivity contribution in [3.8, 4) is 11.5 Å². The van der Waals surface area contributed by atoms with E-state index in [1.54, 1.807) is 25.3 Å². The minimum absolute atomic E-state index is 0.136. The number of hydroxylamine groups is 1. The summed E-state index contributed by atoms with van der Waals surface area (Å²) in [5.74, 6) is -0.897. The van der Waals surface area contributed by atoms with E-state index in [0.29, 0.717) is 17.1 Å². The average Bonchev–Trinajstić information content (AvgIpc) is 3.07. The molecule has 0 saturated heterocycles.